The van der Waals surface area contributed by atoms with E-state index in [4.69, 9.17) is 4.74 Å². The highest BCUT2D eigenvalue weighted by molar-refractivity contribution is 9.11. The number of hydrogen-bond acceptors (Lipinski definition) is 3. The largest absolute Gasteiger partial charge is 0.483 e. The van der Waals surface area contributed by atoms with E-state index in [2.05, 4.69) is 42.7 Å². The second kappa shape index (κ2) is 8.16. The summed E-state index contributed by atoms with van der Waals surface area (Å²) in [5, 5.41) is 0. The van der Waals surface area contributed by atoms with Crippen LogP contribution in [0.1, 0.15) is 19.8 Å². The Labute approximate surface area is 128 Å². The zero-order valence-electron chi connectivity index (χ0n) is 10.3. The summed E-state index contributed by atoms with van der Waals surface area (Å²) in [6.07, 6.45) is 1.10. The fraction of sp³-hybridized carbons (Fsp3) is 0.333. The van der Waals surface area contributed by atoms with Gasteiger partial charge >= 0.3 is 0 Å². The number of halogens is 2. The molecule has 0 atom stereocenters. The summed E-state index contributed by atoms with van der Waals surface area (Å²) in [6, 6.07) is 5.36. The molecule has 19 heavy (non-hydrogen) atoms. The summed E-state index contributed by atoms with van der Waals surface area (Å²) in [6.45, 7) is 1.71. The molecule has 1 aromatic carbocycles. The average Bonchev–Trinajstić information content (AvgIpc) is 2.35. The number of rotatable bonds is 5. The van der Waals surface area contributed by atoms with Crippen LogP contribution in [-0.4, -0.2) is 18.4 Å². The molecule has 0 bridgehead atoms. The fourth-order valence-corrected chi connectivity index (χ4v) is 2.36. The van der Waals surface area contributed by atoms with Crippen LogP contribution >= 0.6 is 31.9 Å². The molecule has 7 heteroatoms. The molecule has 0 heterocycles. The van der Waals surface area contributed by atoms with Crippen molar-refractivity contribution in [2.45, 2.75) is 19.8 Å². The Bertz CT molecular complexity index is 466. The number of benzene rings is 1. The van der Waals surface area contributed by atoms with E-state index in [1.54, 1.807) is 12.1 Å². The topological polar surface area (TPSA) is 67.4 Å². The van der Waals surface area contributed by atoms with Gasteiger partial charge in [-0.15, -0.1) is 0 Å². The van der Waals surface area contributed by atoms with Crippen molar-refractivity contribution in [3.05, 3.63) is 27.1 Å². The van der Waals surface area contributed by atoms with E-state index in [9.17, 15) is 9.59 Å². The highest BCUT2D eigenvalue weighted by Crippen LogP contribution is 2.27. The zero-order chi connectivity index (χ0) is 14.3. The summed E-state index contributed by atoms with van der Waals surface area (Å²) in [4.78, 5) is 22.6. The van der Waals surface area contributed by atoms with Gasteiger partial charge < -0.3 is 4.74 Å². The Morgan fingerprint density at radius 1 is 1.21 bits per heavy atom. The van der Waals surface area contributed by atoms with Crippen LogP contribution in [0.25, 0.3) is 0 Å². The molecule has 0 fully saturated rings. The van der Waals surface area contributed by atoms with Gasteiger partial charge in [0.2, 0.25) is 5.91 Å². The molecule has 2 N–H and O–H groups in total. The van der Waals surface area contributed by atoms with Crippen molar-refractivity contribution < 1.29 is 14.3 Å². The van der Waals surface area contributed by atoms with Crippen molar-refractivity contribution in [2.75, 3.05) is 6.61 Å². The first-order valence-electron chi connectivity index (χ1n) is 5.68. The smallest absolute Gasteiger partial charge is 0.276 e. The van der Waals surface area contributed by atoms with E-state index >= 15 is 0 Å². The minimum Gasteiger partial charge on any atom is -0.483 e. The molecule has 1 rings (SSSR count). The van der Waals surface area contributed by atoms with E-state index in [0.717, 1.165) is 15.4 Å². The molecule has 0 radical (unpaired) electrons. The maximum Gasteiger partial charge on any atom is 0.276 e. The second-order valence-electron chi connectivity index (χ2n) is 3.71. The van der Waals surface area contributed by atoms with Gasteiger partial charge in [0.15, 0.2) is 6.61 Å². The van der Waals surface area contributed by atoms with Crippen LogP contribution < -0.4 is 15.6 Å². The van der Waals surface area contributed by atoms with E-state index in [1.165, 1.54) is 0 Å². The Kier molecular flexibility index (Phi) is 6.86. The number of nitrogens with one attached hydrogen (secondary N) is 2. The predicted octanol–water partition coefficient (Wildman–Crippen LogP) is 2.54. The number of amides is 2. The van der Waals surface area contributed by atoms with Crippen molar-refractivity contribution >= 4 is 43.7 Å². The molecule has 0 aliphatic heterocycles. The number of carbonyl (C=O) groups is 2. The van der Waals surface area contributed by atoms with Crippen LogP contribution in [0.2, 0.25) is 0 Å². The number of carbonyl (C=O) groups excluding carboxylic acids is 2. The van der Waals surface area contributed by atoms with Crippen LogP contribution in [0.3, 0.4) is 0 Å². The highest BCUT2D eigenvalue weighted by Gasteiger charge is 2.07. The number of ether oxygens (including phenoxy) is 1. The first-order chi connectivity index (χ1) is 9.02. The SMILES string of the molecule is CCCC(=O)NNC(=O)COc1ccc(Br)cc1Br. The number of hydrogen-bond donors (Lipinski definition) is 2. The van der Waals surface area contributed by atoms with Gasteiger partial charge in [0.25, 0.3) is 5.91 Å². The Morgan fingerprint density at radius 3 is 2.53 bits per heavy atom. The molecular weight excluding hydrogens is 380 g/mol. The zero-order valence-corrected chi connectivity index (χ0v) is 13.5. The first kappa shape index (κ1) is 16.0. The Balaban J connectivity index is 2.36. The van der Waals surface area contributed by atoms with Gasteiger partial charge in [0, 0.05) is 10.9 Å². The highest BCUT2D eigenvalue weighted by atomic mass is 79.9. The molecule has 0 aliphatic carbocycles. The summed E-state index contributed by atoms with van der Waals surface area (Å²) < 4.78 is 6.96. The third-order valence-electron chi connectivity index (χ3n) is 2.07. The molecule has 0 unspecified atom stereocenters. The molecule has 5 nitrogen and oxygen atoms in total. The molecule has 0 aromatic heterocycles. The summed E-state index contributed by atoms with van der Waals surface area (Å²) >= 11 is 6.64. The number of hydrazine groups is 1. The van der Waals surface area contributed by atoms with Crippen molar-refractivity contribution in [2.24, 2.45) is 0 Å². The maximum atomic E-state index is 11.4. The molecule has 0 saturated heterocycles. The maximum absolute atomic E-state index is 11.4. The normalized spacial score (nSPS) is 9.84. The molecule has 104 valence electrons. The summed E-state index contributed by atoms with van der Waals surface area (Å²) in [7, 11) is 0. The van der Waals surface area contributed by atoms with E-state index in [1.807, 2.05) is 13.0 Å². The minimum atomic E-state index is -0.417. The van der Waals surface area contributed by atoms with Crippen LogP contribution in [0.5, 0.6) is 5.75 Å². The van der Waals surface area contributed by atoms with Crippen LogP contribution in [0.15, 0.2) is 27.1 Å². The van der Waals surface area contributed by atoms with Crippen LogP contribution in [0.4, 0.5) is 0 Å². The fourth-order valence-electron chi connectivity index (χ4n) is 1.20. The molecule has 0 saturated carbocycles. The van der Waals surface area contributed by atoms with Crippen molar-refractivity contribution in [1.82, 2.24) is 10.9 Å². The van der Waals surface area contributed by atoms with Gasteiger partial charge in [-0.1, -0.05) is 22.9 Å². The monoisotopic (exact) mass is 392 g/mol. The van der Waals surface area contributed by atoms with Gasteiger partial charge in [-0.05, 0) is 40.5 Å². The molecule has 0 aliphatic rings. The van der Waals surface area contributed by atoms with E-state index in [0.29, 0.717) is 12.2 Å². The van der Waals surface area contributed by atoms with E-state index < -0.39 is 5.91 Å². The predicted molar refractivity (Wildman–Crippen MR) is 78.5 cm³/mol. The van der Waals surface area contributed by atoms with Gasteiger partial charge in [0.1, 0.15) is 5.75 Å². The lowest BCUT2D eigenvalue weighted by Gasteiger charge is -2.09. The first-order valence-corrected chi connectivity index (χ1v) is 7.27. The Hall–Kier alpha value is -1.08. The Morgan fingerprint density at radius 2 is 1.89 bits per heavy atom. The lowest BCUT2D eigenvalue weighted by Crippen LogP contribution is -2.43. The standard InChI is InChI=1S/C12H14Br2N2O3/c1-2-3-11(17)15-16-12(18)7-19-10-5-4-8(13)6-9(10)14/h4-6H,2-3,7H2,1H3,(H,15,17)(H,16,18). The van der Waals surface area contributed by atoms with Gasteiger partial charge in [0.05, 0.1) is 4.47 Å². The van der Waals surface area contributed by atoms with Crippen LogP contribution in [-0.2, 0) is 9.59 Å². The third-order valence-corrected chi connectivity index (χ3v) is 3.18. The molecule has 1 aromatic rings. The lowest BCUT2D eigenvalue weighted by molar-refractivity contribution is -0.130. The second-order valence-corrected chi connectivity index (χ2v) is 5.48. The minimum absolute atomic E-state index is 0.174. The third kappa shape index (κ3) is 6.07. The summed E-state index contributed by atoms with van der Waals surface area (Å²) in [5.74, 6) is -0.0850. The summed E-state index contributed by atoms with van der Waals surface area (Å²) in [5.41, 5.74) is 4.59. The van der Waals surface area contributed by atoms with Gasteiger partial charge in [-0.25, -0.2) is 0 Å². The molecule has 0 spiro atoms. The van der Waals surface area contributed by atoms with E-state index in [-0.39, 0.29) is 12.5 Å². The van der Waals surface area contributed by atoms with Crippen LogP contribution in [0, 0.1) is 0 Å². The average molecular weight is 394 g/mol. The van der Waals surface area contributed by atoms with Gasteiger partial charge in [-0.2, -0.15) is 0 Å². The van der Waals surface area contributed by atoms with Gasteiger partial charge in [-0.3, -0.25) is 20.4 Å². The lowest BCUT2D eigenvalue weighted by atomic mass is 10.3. The molecular formula is C12H14Br2N2O3. The van der Waals surface area contributed by atoms with Crippen molar-refractivity contribution in [3.63, 3.8) is 0 Å². The quantitative estimate of drug-likeness (QED) is 0.755. The molecule has 2 amide bonds. The van der Waals surface area contributed by atoms with Crippen molar-refractivity contribution in [3.8, 4) is 5.75 Å². The van der Waals surface area contributed by atoms with Crippen molar-refractivity contribution in [1.29, 1.82) is 0 Å².